The van der Waals surface area contributed by atoms with E-state index in [1.54, 1.807) is 0 Å². The highest BCUT2D eigenvalue weighted by Crippen LogP contribution is 2.14. The van der Waals surface area contributed by atoms with Gasteiger partial charge in [-0.15, -0.1) is 0 Å². The van der Waals surface area contributed by atoms with Crippen LogP contribution in [0.5, 0.6) is 0 Å². The van der Waals surface area contributed by atoms with Crippen molar-refractivity contribution in [1.82, 2.24) is 0 Å². The topological polar surface area (TPSA) is 83.8 Å². The lowest BCUT2D eigenvalue weighted by molar-refractivity contribution is -0.158. The maximum absolute atomic E-state index is 11.4. The Morgan fingerprint density at radius 1 is 0.629 bits per heavy atom. The first-order valence-corrected chi connectivity index (χ1v) is 14.8. The van der Waals surface area contributed by atoms with E-state index in [1.807, 2.05) is 0 Å². The van der Waals surface area contributed by atoms with Gasteiger partial charge in [-0.25, -0.2) is 4.79 Å². The smallest absolute Gasteiger partial charge is 0.335 e. The summed E-state index contributed by atoms with van der Waals surface area (Å²) in [5, 5.41) is 17.8. The van der Waals surface area contributed by atoms with Gasteiger partial charge < -0.3 is 14.9 Å². The quantitative estimate of drug-likeness (QED) is 0.0676. The first kappa shape index (κ1) is 33.6. The highest BCUT2D eigenvalue weighted by atomic mass is 16.5. The Balaban J connectivity index is 3.21. The minimum Gasteiger partial charge on any atom is -0.481 e. The van der Waals surface area contributed by atoms with Crippen LogP contribution in [0.15, 0.2) is 12.2 Å². The molecule has 1 unspecified atom stereocenters. The summed E-state index contributed by atoms with van der Waals surface area (Å²) in [6.07, 6.45) is 31.2. The minimum absolute atomic E-state index is 0.248. The number of aliphatic carboxylic acids is 1. The van der Waals surface area contributed by atoms with Crippen LogP contribution in [0.1, 0.15) is 155 Å². The molecule has 0 bridgehead atoms. The molecule has 0 aliphatic heterocycles. The van der Waals surface area contributed by atoms with Gasteiger partial charge in [-0.3, -0.25) is 4.79 Å². The normalized spacial score (nSPS) is 12.3. The van der Waals surface area contributed by atoms with Crippen LogP contribution in [0, 0.1) is 0 Å². The fourth-order valence-electron chi connectivity index (χ4n) is 4.28. The predicted molar refractivity (Wildman–Crippen MR) is 146 cm³/mol. The maximum Gasteiger partial charge on any atom is 0.335 e. The lowest BCUT2D eigenvalue weighted by atomic mass is 10.0. The molecule has 0 heterocycles. The Labute approximate surface area is 216 Å². The average Bonchev–Trinajstić information content (AvgIpc) is 2.83. The molecule has 0 aromatic carbocycles. The molecule has 0 rings (SSSR count). The van der Waals surface area contributed by atoms with Crippen LogP contribution >= 0.6 is 0 Å². The van der Waals surface area contributed by atoms with Crippen molar-refractivity contribution in [3.8, 4) is 0 Å². The van der Waals surface area contributed by atoms with Crippen molar-refractivity contribution in [2.75, 3.05) is 6.61 Å². The van der Waals surface area contributed by atoms with Crippen molar-refractivity contribution in [2.45, 2.75) is 161 Å². The zero-order valence-corrected chi connectivity index (χ0v) is 22.8. The van der Waals surface area contributed by atoms with Crippen molar-refractivity contribution in [1.29, 1.82) is 0 Å². The van der Waals surface area contributed by atoms with Crippen molar-refractivity contribution in [3.05, 3.63) is 12.2 Å². The summed E-state index contributed by atoms with van der Waals surface area (Å²) in [6.45, 7) is 2.53. The molecule has 0 aromatic rings. The lowest BCUT2D eigenvalue weighted by Gasteiger charge is -2.08. The standard InChI is InChI=1S/C30H56O5/c1-2-3-4-5-6-7-8-9-10-11-12-13-14-15-16-17-18-19-20-21-22-23-24-25-26-35-30(34)28(31)27-29(32)33/h17-18,28,31H,2-16,19-27H2,1H3,(H,32,33)/b18-17-. The Hall–Kier alpha value is -1.36. The van der Waals surface area contributed by atoms with E-state index in [0.29, 0.717) is 0 Å². The number of unbranched alkanes of at least 4 members (excludes halogenated alkanes) is 20. The van der Waals surface area contributed by atoms with Crippen LogP contribution in [-0.4, -0.2) is 34.9 Å². The summed E-state index contributed by atoms with van der Waals surface area (Å²) in [4.78, 5) is 21.8. The van der Waals surface area contributed by atoms with Gasteiger partial charge >= 0.3 is 11.9 Å². The Morgan fingerprint density at radius 3 is 1.40 bits per heavy atom. The lowest BCUT2D eigenvalue weighted by Crippen LogP contribution is -2.26. The molecule has 0 aliphatic carbocycles. The van der Waals surface area contributed by atoms with Gasteiger partial charge in [-0.2, -0.15) is 0 Å². The monoisotopic (exact) mass is 496 g/mol. The van der Waals surface area contributed by atoms with Crippen LogP contribution in [0.25, 0.3) is 0 Å². The van der Waals surface area contributed by atoms with Crippen molar-refractivity contribution in [2.24, 2.45) is 0 Å². The van der Waals surface area contributed by atoms with E-state index in [4.69, 9.17) is 9.84 Å². The number of aliphatic hydroxyl groups excluding tert-OH is 1. The fraction of sp³-hybridized carbons (Fsp3) is 0.867. The maximum atomic E-state index is 11.4. The molecular formula is C30H56O5. The molecule has 0 saturated heterocycles. The number of hydrogen-bond acceptors (Lipinski definition) is 4. The number of allylic oxidation sites excluding steroid dienone is 2. The van der Waals surface area contributed by atoms with E-state index in [0.717, 1.165) is 25.7 Å². The third-order valence-corrected chi connectivity index (χ3v) is 6.54. The van der Waals surface area contributed by atoms with E-state index in [-0.39, 0.29) is 6.61 Å². The summed E-state index contributed by atoms with van der Waals surface area (Å²) in [5.41, 5.74) is 0. The largest absolute Gasteiger partial charge is 0.481 e. The molecular weight excluding hydrogens is 440 g/mol. The Bertz CT molecular complexity index is 503. The summed E-state index contributed by atoms with van der Waals surface area (Å²) in [7, 11) is 0. The summed E-state index contributed by atoms with van der Waals surface area (Å²) in [6, 6.07) is 0. The van der Waals surface area contributed by atoms with Gasteiger partial charge in [0, 0.05) is 0 Å². The third-order valence-electron chi connectivity index (χ3n) is 6.54. The second-order valence-corrected chi connectivity index (χ2v) is 10.0. The number of esters is 1. The second-order valence-electron chi connectivity index (χ2n) is 10.0. The number of carbonyl (C=O) groups is 2. The average molecular weight is 497 g/mol. The van der Waals surface area contributed by atoms with Crippen molar-refractivity contribution < 1.29 is 24.5 Å². The van der Waals surface area contributed by atoms with E-state index in [1.165, 1.54) is 116 Å². The number of rotatable bonds is 27. The molecule has 0 amide bonds. The number of carboxylic acids is 1. The molecule has 0 spiro atoms. The molecule has 1 atom stereocenters. The molecule has 5 heteroatoms. The SMILES string of the molecule is CCCCCCCCCCCCCCCC/C=C\CCCCCCCCOC(=O)C(O)CC(=O)O. The fourth-order valence-corrected chi connectivity index (χ4v) is 4.28. The number of ether oxygens (including phenoxy) is 1. The summed E-state index contributed by atoms with van der Waals surface area (Å²) in [5.74, 6) is -2.05. The zero-order chi connectivity index (χ0) is 25.8. The van der Waals surface area contributed by atoms with Crippen LogP contribution in [-0.2, 0) is 14.3 Å². The van der Waals surface area contributed by atoms with Gasteiger partial charge in [0.05, 0.1) is 13.0 Å². The van der Waals surface area contributed by atoms with Gasteiger partial charge in [-0.1, -0.05) is 128 Å². The molecule has 0 saturated carbocycles. The third kappa shape index (κ3) is 27.1. The van der Waals surface area contributed by atoms with Gasteiger partial charge in [0.2, 0.25) is 0 Å². The number of carboxylic acid groups (broad SMARTS) is 1. The van der Waals surface area contributed by atoms with Crippen LogP contribution in [0.3, 0.4) is 0 Å². The van der Waals surface area contributed by atoms with E-state index in [9.17, 15) is 14.7 Å². The van der Waals surface area contributed by atoms with Crippen LogP contribution in [0.2, 0.25) is 0 Å². The first-order chi connectivity index (χ1) is 17.1. The highest BCUT2D eigenvalue weighted by Gasteiger charge is 2.19. The number of hydrogen-bond donors (Lipinski definition) is 2. The first-order valence-electron chi connectivity index (χ1n) is 14.8. The van der Waals surface area contributed by atoms with Gasteiger partial charge in [0.25, 0.3) is 0 Å². The van der Waals surface area contributed by atoms with Gasteiger partial charge in [0.1, 0.15) is 0 Å². The van der Waals surface area contributed by atoms with Gasteiger partial charge in [0.15, 0.2) is 6.10 Å². The molecule has 2 N–H and O–H groups in total. The van der Waals surface area contributed by atoms with E-state index in [2.05, 4.69) is 19.1 Å². The number of carbonyl (C=O) groups excluding carboxylic acids is 1. The zero-order valence-electron chi connectivity index (χ0n) is 22.8. The highest BCUT2D eigenvalue weighted by molar-refractivity contribution is 5.80. The molecule has 0 aliphatic rings. The van der Waals surface area contributed by atoms with E-state index >= 15 is 0 Å². The minimum atomic E-state index is -1.56. The molecule has 35 heavy (non-hydrogen) atoms. The Kier molecular flexibility index (Phi) is 26.2. The molecule has 0 fully saturated rings. The van der Waals surface area contributed by atoms with Crippen LogP contribution in [0.4, 0.5) is 0 Å². The molecule has 206 valence electrons. The Morgan fingerprint density at radius 2 is 1.00 bits per heavy atom. The van der Waals surface area contributed by atoms with Crippen molar-refractivity contribution in [3.63, 3.8) is 0 Å². The summed E-state index contributed by atoms with van der Waals surface area (Å²) < 4.78 is 4.89. The van der Waals surface area contributed by atoms with Crippen molar-refractivity contribution >= 4 is 11.9 Å². The number of aliphatic hydroxyl groups is 1. The van der Waals surface area contributed by atoms with Crippen LogP contribution < -0.4 is 0 Å². The van der Waals surface area contributed by atoms with E-state index < -0.39 is 24.5 Å². The molecule has 0 radical (unpaired) electrons. The predicted octanol–water partition coefficient (Wildman–Crippen LogP) is 8.52. The van der Waals surface area contributed by atoms with Gasteiger partial charge in [-0.05, 0) is 32.1 Å². The second kappa shape index (κ2) is 27.2. The molecule has 0 aromatic heterocycles. The molecule has 5 nitrogen and oxygen atoms in total. The summed E-state index contributed by atoms with van der Waals surface area (Å²) >= 11 is 0.